The first-order valence-corrected chi connectivity index (χ1v) is 9.32. The van der Waals surface area contributed by atoms with Crippen molar-refractivity contribution < 1.29 is 9.90 Å². The molecule has 4 heteroatoms. The maximum absolute atomic E-state index is 10.9. The van der Waals surface area contributed by atoms with E-state index in [1.165, 1.54) is 6.08 Å². The molecule has 3 rings (SSSR count). The lowest BCUT2D eigenvalue weighted by atomic mass is 10.1. The molecule has 0 aliphatic heterocycles. The average molecular weight is 392 g/mol. The van der Waals surface area contributed by atoms with Gasteiger partial charge >= 0.3 is 5.97 Å². The third-order valence-electron chi connectivity index (χ3n) is 4.46. The van der Waals surface area contributed by atoms with E-state index >= 15 is 0 Å². The molecule has 3 aromatic carbocycles. The summed E-state index contributed by atoms with van der Waals surface area (Å²) >= 11 is 0. The minimum absolute atomic E-state index is 0.305. The molecule has 0 heterocycles. The Hall–Kier alpha value is -4.36. The zero-order valence-electron chi connectivity index (χ0n) is 16.3. The Labute approximate surface area is 176 Å². The molecule has 0 aliphatic rings. The molecule has 0 saturated heterocycles. The highest BCUT2D eigenvalue weighted by Gasteiger charge is 2.11. The number of nitrogens with zero attached hydrogens (tertiary/aromatic N) is 2. The molecule has 0 fully saturated rings. The Kier molecular flexibility index (Phi) is 6.60. The fourth-order valence-electron chi connectivity index (χ4n) is 2.93. The fourth-order valence-corrected chi connectivity index (χ4v) is 2.93. The second kappa shape index (κ2) is 9.72. The van der Waals surface area contributed by atoms with Gasteiger partial charge in [0.15, 0.2) is 0 Å². The van der Waals surface area contributed by atoms with Gasteiger partial charge in [0.05, 0.1) is 0 Å². The fraction of sp³-hybridized carbons (Fsp3) is 0. The lowest BCUT2D eigenvalue weighted by Crippen LogP contribution is -2.09. The summed E-state index contributed by atoms with van der Waals surface area (Å²) < 4.78 is 0. The lowest BCUT2D eigenvalue weighted by Gasteiger charge is -2.25. The summed E-state index contributed by atoms with van der Waals surface area (Å²) in [5.74, 6) is -1.24. The number of hydrogen-bond donors (Lipinski definition) is 1. The number of anilines is 3. The van der Waals surface area contributed by atoms with Crippen molar-refractivity contribution in [3.05, 3.63) is 114 Å². The van der Waals surface area contributed by atoms with Crippen molar-refractivity contribution in [1.29, 1.82) is 5.26 Å². The molecule has 0 atom stereocenters. The van der Waals surface area contributed by atoms with Gasteiger partial charge in [0.1, 0.15) is 11.6 Å². The van der Waals surface area contributed by atoms with E-state index in [4.69, 9.17) is 10.4 Å². The van der Waals surface area contributed by atoms with Crippen LogP contribution in [0, 0.1) is 11.3 Å². The Morgan fingerprint density at radius 3 is 1.90 bits per heavy atom. The summed E-state index contributed by atoms with van der Waals surface area (Å²) in [6.45, 7) is 3.81. The molecule has 0 bridgehead atoms. The lowest BCUT2D eigenvalue weighted by molar-refractivity contribution is -0.132. The van der Waals surface area contributed by atoms with Crippen LogP contribution in [0.2, 0.25) is 0 Å². The predicted molar refractivity (Wildman–Crippen MR) is 122 cm³/mol. The van der Waals surface area contributed by atoms with Gasteiger partial charge in [0, 0.05) is 17.1 Å². The van der Waals surface area contributed by atoms with E-state index in [-0.39, 0.29) is 5.57 Å². The molecular weight excluding hydrogens is 372 g/mol. The molecule has 3 aromatic rings. The second-order valence-corrected chi connectivity index (χ2v) is 6.41. The highest BCUT2D eigenvalue weighted by atomic mass is 16.4. The first-order chi connectivity index (χ1) is 14.6. The van der Waals surface area contributed by atoms with Crippen molar-refractivity contribution in [2.75, 3.05) is 4.90 Å². The van der Waals surface area contributed by atoms with Gasteiger partial charge in [-0.15, -0.1) is 0 Å². The largest absolute Gasteiger partial charge is 0.477 e. The Morgan fingerprint density at radius 1 is 0.867 bits per heavy atom. The Morgan fingerprint density at radius 2 is 1.40 bits per heavy atom. The number of nitriles is 1. The smallest absolute Gasteiger partial charge is 0.346 e. The van der Waals surface area contributed by atoms with Crippen LogP contribution in [0.15, 0.2) is 103 Å². The van der Waals surface area contributed by atoms with Gasteiger partial charge in [-0.1, -0.05) is 67.3 Å². The molecule has 146 valence electrons. The molecule has 0 spiro atoms. The molecular formula is C26H20N2O2. The van der Waals surface area contributed by atoms with Crippen molar-refractivity contribution in [3.63, 3.8) is 0 Å². The van der Waals surface area contributed by atoms with Crippen molar-refractivity contribution >= 4 is 35.2 Å². The van der Waals surface area contributed by atoms with E-state index < -0.39 is 5.97 Å². The van der Waals surface area contributed by atoms with Crippen LogP contribution < -0.4 is 4.90 Å². The topological polar surface area (TPSA) is 64.3 Å². The number of allylic oxidation sites excluding steroid dienone is 2. The van der Waals surface area contributed by atoms with Crippen LogP contribution in [0.5, 0.6) is 0 Å². The molecule has 0 saturated carbocycles. The number of para-hydroxylation sites is 1. The maximum atomic E-state index is 10.9. The van der Waals surface area contributed by atoms with Gasteiger partial charge in [-0.2, -0.15) is 5.26 Å². The Bertz CT molecular complexity index is 1120. The van der Waals surface area contributed by atoms with E-state index in [2.05, 4.69) is 35.7 Å². The van der Waals surface area contributed by atoms with Gasteiger partial charge in [-0.05, 0) is 53.6 Å². The maximum Gasteiger partial charge on any atom is 0.346 e. The first kappa shape index (κ1) is 20.4. The van der Waals surface area contributed by atoms with Gasteiger partial charge in [-0.25, -0.2) is 4.79 Å². The number of rotatable bonds is 7. The summed E-state index contributed by atoms with van der Waals surface area (Å²) in [5.41, 5.74) is 4.70. The van der Waals surface area contributed by atoms with Gasteiger partial charge in [0.2, 0.25) is 0 Å². The number of carboxylic acid groups (broad SMARTS) is 1. The molecule has 0 radical (unpaired) electrons. The number of carboxylic acids is 1. The van der Waals surface area contributed by atoms with Gasteiger partial charge < -0.3 is 10.0 Å². The Balaban J connectivity index is 1.92. The van der Waals surface area contributed by atoms with Gasteiger partial charge in [0.25, 0.3) is 0 Å². The normalized spacial score (nSPS) is 11.1. The van der Waals surface area contributed by atoms with Crippen LogP contribution in [0.3, 0.4) is 0 Å². The number of carbonyl (C=O) groups is 1. The number of hydrogen-bond acceptors (Lipinski definition) is 3. The molecule has 30 heavy (non-hydrogen) atoms. The van der Waals surface area contributed by atoms with E-state index in [9.17, 15) is 4.79 Å². The van der Waals surface area contributed by atoms with Crippen LogP contribution in [-0.2, 0) is 4.79 Å². The quantitative estimate of drug-likeness (QED) is 0.289. The van der Waals surface area contributed by atoms with Crippen LogP contribution in [-0.4, -0.2) is 11.1 Å². The van der Waals surface area contributed by atoms with E-state index in [0.717, 1.165) is 28.2 Å². The van der Waals surface area contributed by atoms with Crippen molar-refractivity contribution in [2.45, 2.75) is 0 Å². The van der Waals surface area contributed by atoms with E-state index in [1.54, 1.807) is 18.2 Å². The summed E-state index contributed by atoms with van der Waals surface area (Å²) in [4.78, 5) is 13.0. The minimum atomic E-state index is -1.24. The molecule has 0 unspecified atom stereocenters. The highest BCUT2D eigenvalue weighted by Crippen LogP contribution is 2.34. The van der Waals surface area contributed by atoms with Crippen LogP contribution in [0.25, 0.3) is 12.2 Å². The molecule has 4 nitrogen and oxygen atoms in total. The summed E-state index contributed by atoms with van der Waals surface area (Å²) in [7, 11) is 0. The zero-order chi connectivity index (χ0) is 21.3. The second-order valence-electron chi connectivity index (χ2n) is 6.41. The summed E-state index contributed by atoms with van der Waals surface area (Å²) in [6, 6.07) is 27.8. The number of benzene rings is 3. The molecule has 0 amide bonds. The summed E-state index contributed by atoms with van der Waals surface area (Å²) in [5, 5.41) is 17.7. The minimum Gasteiger partial charge on any atom is -0.477 e. The van der Waals surface area contributed by atoms with Crippen molar-refractivity contribution in [2.24, 2.45) is 0 Å². The van der Waals surface area contributed by atoms with Gasteiger partial charge in [-0.3, -0.25) is 0 Å². The van der Waals surface area contributed by atoms with Crippen LogP contribution in [0.1, 0.15) is 11.1 Å². The van der Waals surface area contributed by atoms with E-state index in [1.807, 2.05) is 60.7 Å². The zero-order valence-corrected chi connectivity index (χ0v) is 16.3. The predicted octanol–water partition coefficient (Wildman–Crippen LogP) is 6.35. The third kappa shape index (κ3) is 4.92. The number of aliphatic carboxylic acids is 1. The SMILES string of the molecule is C=Cc1ccc(N(c2ccccc2)c2ccc(C=CC=C(C#N)C(=O)O)cc2)cc1. The van der Waals surface area contributed by atoms with E-state index in [0.29, 0.717) is 0 Å². The third-order valence-corrected chi connectivity index (χ3v) is 4.46. The first-order valence-electron chi connectivity index (χ1n) is 9.32. The molecule has 0 aliphatic carbocycles. The van der Waals surface area contributed by atoms with Crippen LogP contribution in [0.4, 0.5) is 17.1 Å². The molecule has 1 N–H and O–H groups in total. The average Bonchev–Trinajstić information content (AvgIpc) is 2.79. The van der Waals surface area contributed by atoms with Crippen LogP contribution >= 0.6 is 0 Å². The standard InChI is InChI=1S/C26H20N2O2/c1-2-20-11-15-24(16-12-20)28(23-9-4-3-5-10-23)25-17-13-21(14-18-25)7-6-8-22(19-27)26(29)30/h2-18H,1H2,(H,29,30). The van der Waals surface area contributed by atoms with Crippen molar-refractivity contribution in [1.82, 2.24) is 0 Å². The monoisotopic (exact) mass is 392 g/mol. The molecule has 0 aromatic heterocycles. The summed E-state index contributed by atoms with van der Waals surface area (Å²) in [6.07, 6.45) is 6.42. The van der Waals surface area contributed by atoms with Crippen molar-refractivity contribution in [3.8, 4) is 6.07 Å². The highest BCUT2D eigenvalue weighted by molar-refractivity contribution is 5.91.